The summed E-state index contributed by atoms with van der Waals surface area (Å²) in [6.45, 7) is 5.45. The summed E-state index contributed by atoms with van der Waals surface area (Å²) >= 11 is 0. The van der Waals surface area contributed by atoms with E-state index in [1.54, 1.807) is 12.1 Å². The number of amides is 1. The molecule has 0 aromatic heterocycles. The highest BCUT2D eigenvalue weighted by Gasteiger charge is 2.25. The number of carbonyl (C=O) groups excluding carboxylic acids is 1. The number of hydrogen-bond acceptors (Lipinski definition) is 5. The van der Waals surface area contributed by atoms with Gasteiger partial charge < -0.3 is 14.8 Å². The fourth-order valence-corrected chi connectivity index (χ4v) is 3.95. The monoisotopic (exact) mass is 420 g/mol. The van der Waals surface area contributed by atoms with Crippen LogP contribution in [0.5, 0.6) is 11.5 Å². The lowest BCUT2D eigenvalue weighted by atomic mass is 10.00. The molecule has 0 radical (unpaired) electrons. The molecule has 158 valence electrons. The molecule has 2 aromatic rings. The zero-order valence-electron chi connectivity index (χ0n) is 17.6. The van der Waals surface area contributed by atoms with E-state index < -0.39 is 15.9 Å². The van der Waals surface area contributed by atoms with E-state index in [-0.39, 0.29) is 18.3 Å². The Labute approximate surface area is 172 Å². The highest BCUT2D eigenvalue weighted by atomic mass is 32.2. The normalized spacial score (nSPS) is 12.2. The summed E-state index contributed by atoms with van der Waals surface area (Å²) in [5.74, 6) is 0.360. The number of carbonyl (C=O) groups is 1. The number of nitrogens with one attached hydrogen (secondary N) is 1. The molecule has 0 aliphatic heterocycles. The van der Waals surface area contributed by atoms with Crippen LogP contribution in [0.25, 0.3) is 0 Å². The minimum atomic E-state index is -3.75. The van der Waals surface area contributed by atoms with Crippen molar-refractivity contribution in [3.05, 3.63) is 53.1 Å². The zero-order valence-corrected chi connectivity index (χ0v) is 18.5. The fraction of sp³-hybridized carbons (Fsp3) is 0.381. The Morgan fingerprint density at radius 3 is 2.38 bits per heavy atom. The van der Waals surface area contributed by atoms with Crippen molar-refractivity contribution in [1.82, 2.24) is 5.32 Å². The van der Waals surface area contributed by atoms with Gasteiger partial charge in [0.25, 0.3) is 0 Å². The molecule has 0 saturated heterocycles. The second kappa shape index (κ2) is 9.17. The molecule has 1 atom stereocenters. The summed E-state index contributed by atoms with van der Waals surface area (Å²) in [5.41, 5.74) is 3.37. The lowest BCUT2D eigenvalue weighted by molar-refractivity contribution is -0.120. The number of hydrogen-bond donors (Lipinski definition) is 1. The Balaban J connectivity index is 2.30. The van der Waals surface area contributed by atoms with Gasteiger partial charge in [0.05, 0.1) is 32.2 Å². The van der Waals surface area contributed by atoms with Crippen molar-refractivity contribution in [3.8, 4) is 11.5 Å². The molecule has 1 amide bonds. The van der Waals surface area contributed by atoms with Gasteiger partial charge in [0, 0.05) is 6.07 Å². The Morgan fingerprint density at radius 1 is 1.10 bits per heavy atom. The summed E-state index contributed by atoms with van der Waals surface area (Å²) < 4.78 is 36.4. The number of ether oxygens (including phenoxy) is 2. The first-order valence-electron chi connectivity index (χ1n) is 9.13. The maximum Gasteiger partial charge on any atom is 0.241 e. The summed E-state index contributed by atoms with van der Waals surface area (Å²) in [7, 11) is -0.829. The van der Waals surface area contributed by atoms with E-state index in [2.05, 4.69) is 5.32 Å². The summed E-state index contributed by atoms with van der Waals surface area (Å²) in [5, 5.41) is 2.89. The van der Waals surface area contributed by atoms with E-state index in [4.69, 9.17) is 9.47 Å². The first kappa shape index (κ1) is 22.5. The van der Waals surface area contributed by atoms with Crippen LogP contribution < -0.4 is 19.1 Å². The zero-order chi connectivity index (χ0) is 21.8. The van der Waals surface area contributed by atoms with Crippen molar-refractivity contribution < 1.29 is 22.7 Å². The van der Waals surface area contributed by atoms with E-state index in [1.165, 1.54) is 20.3 Å². The molecule has 29 heavy (non-hydrogen) atoms. The predicted molar refractivity (Wildman–Crippen MR) is 114 cm³/mol. The Bertz CT molecular complexity index is 989. The molecule has 1 N–H and O–H groups in total. The van der Waals surface area contributed by atoms with Gasteiger partial charge in [-0.3, -0.25) is 9.10 Å². The molecular weight excluding hydrogens is 392 g/mol. The van der Waals surface area contributed by atoms with E-state index in [0.717, 1.165) is 27.3 Å². The number of sulfonamides is 1. The maximum absolute atomic E-state index is 12.7. The first-order chi connectivity index (χ1) is 13.6. The molecule has 0 spiro atoms. The third-order valence-electron chi connectivity index (χ3n) is 4.62. The van der Waals surface area contributed by atoms with Crippen LogP contribution >= 0.6 is 0 Å². The first-order valence-corrected chi connectivity index (χ1v) is 11.0. The lowest BCUT2D eigenvalue weighted by Gasteiger charge is -2.25. The number of aryl methyl sites for hydroxylation is 2. The molecule has 0 saturated carbocycles. The molecule has 7 nitrogen and oxygen atoms in total. The molecule has 0 bridgehead atoms. The molecule has 0 aliphatic rings. The van der Waals surface area contributed by atoms with Gasteiger partial charge in [-0.15, -0.1) is 0 Å². The SMILES string of the molecule is COc1ccc(OC)c(N(CC(=O)NC(C)c2cc(C)ccc2C)S(C)(=O)=O)c1. The third-order valence-corrected chi connectivity index (χ3v) is 5.75. The smallest absolute Gasteiger partial charge is 0.241 e. The average molecular weight is 421 g/mol. The van der Waals surface area contributed by atoms with E-state index in [0.29, 0.717) is 11.5 Å². The standard InChI is InChI=1S/C21H28N2O5S/c1-14-7-8-15(2)18(11-14)16(3)22-21(24)13-23(29(6,25)26)19-12-17(27-4)9-10-20(19)28-5/h7-12,16H,13H2,1-6H3,(H,22,24). The largest absolute Gasteiger partial charge is 0.497 e. The summed E-state index contributed by atoms with van der Waals surface area (Å²) in [6.07, 6.45) is 1.05. The van der Waals surface area contributed by atoms with Gasteiger partial charge in [-0.05, 0) is 44.0 Å². The second-order valence-electron chi connectivity index (χ2n) is 6.96. The second-order valence-corrected chi connectivity index (χ2v) is 8.86. The quantitative estimate of drug-likeness (QED) is 0.710. The van der Waals surface area contributed by atoms with Crippen LogP contribution in [0.3, 0.4) is 0 Å². The molecule has 0 fully saturated rings. The van der Waals surface area contributed by atoms with Gasteiger partial charge in [0.2, 0.25) is 15.9 Å². The van der Waals surface area contributed by atoms with Crippen molar-refractivity contribution in [3.63, 3.8) is 0 Å². The minimum absolute atomic E-state index is 0.240. The molecular formula is C21H28N2O5S. The van der Waals surface area contributed by atoms with Crippen molar-refractivity contribution in [1.29, 1.82) is 0 Å². The molecule has 8 heteroatoms. The van der Waals surface area contributed by atoms with E-state index in [1.807, 2.05) is 39.0 Å². The van der Waals surface area contributed by atoms with Gasteiger partial charge >= 0.3 is 0 Å². The summed E-state index contributed by atoms with van der Waals surface area (Å²) in [4.78, 5) is 12.7. The van der Waals surface area contributed by atoms with Crippen LogP contribution in [0.1, 0.15) is 29.7 Å². The molecule has 1 unspecified atom stereocenters. The molecule has 0 aliphatic carbocycles. The van der Waals surface area contributed by atoms with Crippen LogP contribution in [0.2, 0.25) is 0 Å². The van der Waals surface area contributed by atoms with Crippen LogP contribution in [-0.2, 0) is 14.8 Å². The topological polar surface area (TPSA) is 84.9 Å². The highest BCUT2D eigenvalue weighted by molar-refractivity contribution is 7.92. The Hall–Kier alpha value is -2.74. The fourth-order valence-electron chi connectivity index (χ4n) is 3.09. The minimum Gasteiger partial charge on any atom is -0.497 e. The van der Waals surface area contributed by atoms with Crippen LogP contribution in [0.4, 0.5) is 5.69 Å². The van der Waals surface area contributed by atoms with E-state index >= 15 is 0 Å². The van der Waals surface area contributed by atoms with Crippen LogP contribution in [-0.4, -0.2) is 41.3 Å². The number of anilines is 1. The van der Waals surface area contributed by atoms with Crippen LogP contribution in [0, 0.1) is 13.8 Å². The average Bonchev–Trinajstić information content (AvgIpc) is 2.66. The Kier molecular flexibility index (Phi) is 7.13. The summed E-state index contributed by atoms with van der Waals surface area (Å²) in [6, 6.07) is 10.5. The number of benzene rings is 2. The predicted octanol–water partition coefficient (Wildman–Crippen LogP) is 2.96. The third kappa shape index (κ3) is 5.63. The van der Waals surface area contributed by atoms with Crippen LogP contribution in [0.15, 0.2) is 36.4 Å². The molecule has 2 rings (SSSR count). The maximum atomic E-state index is 12.7. The van der Waals surface area contributed by atoms with Gasteiger partial charge in [-0.2, -0.15) is 0 Å². The number of nitrogens with zero attached hydrogens (tertiary/aromatic N) is 1. The van der Waals surface area contributed by atoms with Crippen molar-refractivity contribution in [2.24, 2.45) is 0 Å². The highest BCUT2D eigenvalue weighted by Crippen LogP contribution is 2.33. The van der Waals surface area contributed by atoms with Crippen molar-refractivity contribution in [2.75, 3.05) is 31.3 Å². The van der Waals surface area contributed by atoms with E-state index in [9.17, 15) is 13.2 Å². The van der Waals surface area contributed by atoms with Gasteiger partial charge in [-0.1, -0.05) is 23.8 Å². The molecule has 0 heterocycles. The number of rotatable bonds is 8. The number of methoxy groups -OCH3 is 2. The van der Waals surface area contributed by atoms with Crippen molar-refractivity contribution in [2.45, 2.75) is 26.8 Å². The Morgan fingerprint density at radius 2 is 1.79 bits per heavy atom. The lowest BCUT2D eigenvalue weighted by Crippen LogP contribution is -2.41. The van der Waals surface area contributed by atoms with Crippen molar-refractivity contribution >= 4 is 21.6 Å². The van der Waals surface area contributed by atoms with Gasteiger partial charge in [-0.25, -0.2) is 8.42 Å². The van der Waals surface area contributed by atoms with Gasteiger partial charge in [0.1, 0.15) is 18.0 Å². The van der Waals surface area contributed by atoms with Gasteiger partial charge in [0.15, 0.2) is 0 Å². The molecule has 2 aromatic carbocycles.